The van der Waals surface area contributed by atoms with E-state index in [4.69, 9.17) is 9.84 Å². The van der Waals surface area contributed by atoms with Crippen molar-refractivity contribution in [1.29, 1.82) is 0 Å². The number of carboxylic acids is 1. The third kappa shape index (κ3) is 2.16. The third-order valence-electron chi connectivity index (χ3n) is 2.51. The average Bonchev–Trinajstić information content (AvgIpc) is 2.16. The Morgan fingerprint density at radius 1 is 1.79 bits per heavy atom. The Bertz CT molecular complexity index is 241. The molecule has 0 aromatic carbocycles. The number of carboxylic acid groups (broad SMARTS) is 1. The average molecular weight is 201 g/mol. The van der Waals surface area contributed by atoms with Crippen molar-refractivity contribution in [2.24, 2.45) is 0 Å². The molecule has 1 amide bonds. The second-order valence-corrected chi connectivity index (χ2v) is 3.45. The van der Waals surface area contributed by atoms with Gasteiger partial charge in [-0.2, -0.15) is 0 Å². The molecule has 1 heterocycles. The van der Waals surface area contributed by atoms with Crippen LogP contribution in [0.3, 0.4) is 0 Å². The normalized spacial score (nSPS) is 24.3. The van der Waals surface area contributed by atoms with Crippen molar-refractivity contribution in [2.45, 2.75) is 38.8 Å². The molecule has 80 valence electrons. The van der Waals surface area contributed by atoms with Gasteiger partial charge in [0.2, 0.25) is 6.10 Å². The Balaban J connectivity index is 2.56. The number of amides is 1. The fourth-order valence-corrected chi connectivity index (χ4v) is 1.39. The van der Waals surface area contributed by atoms with Gasteiger partial charge in [0.15, 0.2) is 0 Å². The minimum absolute atomic E-state index is 0.109. The van der Waals surface area contributed by atoms with Crippen LogP contribution in [0.2, 0.25) is 0 Å². The van der Waals surface area contributed by atoms with E-state index in [-0.39, 0.29) is 6.04 Å². The second-order valence-electron chi connectivity index (χ2n) is 3.45. The molecule has 0 saturated carbocycles. The molecule has 0 aliphatic carbocycles. The molecule has 0 radical (unpaired) electrons. The lowest BCUT2D eigenvalue weighted by atomic mass is 10.1. The molecule has 0 bridgehead atoms. The summed E-state index contributed by atoms with van der Waals surface area (Å²) in [4.78, 5) is 23.5. The maximum atomic E-state index is 11.3. The van der Waals surface area contributed by atoms with Crippen molar-refractivity contribution in [2.75, 3.05) is 6.54 Å². The van der Waals surface area contributed by atoms with E-state index in [0.29, 0.717) is 13.0 Å². The monoisotopic (exact) mass is 201 g/mol. The van der Waals surface area contributed by atoms with Gasteiger partial charge in [-0.3, -0.25) is 0 Å². The lowest BCUT2D eigenvalue weighted by molar-refractivity contribution is -0.150. The minimum atomic E-state index is -1.07. The zero-order chi connectivity index (χ0) is 10.7. The summed E-state index contributed by atoms with van der Waals surface area (Å²) in [5.74, 6) is -1.07. The van der Waals surface area contributed by atoms with Crippen molar-refractivity contribution in [1.82, 2.24) is 4.90 Å². The lowest BCUT2D eigenvalue weighted by Crippen LogP contribution is -2.48. The van der Waals surface area contributed by atoms with Gasteiger partial charge in [-0.25, -0.2) is 9.59 Å². The molecule has 1 aliphatic rings. The molecule has 5 heteroatoms. The van der Waals surface area contributed by atoms with E-state index in [1.54, 1.807) is 4.90 Å². The van der Waals surface area contributed by atoms with Gasteiger partial charge in [0, 0.05) is 19.0 Å². The van der Waals surface area contributed by atoms with E-state index in [1.165, 1.54) is 0 Å². The number of hydrogen-bond donors (Lipinski definition) is 1. The summed E-state index contributed by atoms with van der Waals surface area (Å²) in [5.41, 5.74) is 0. The van der Waals surface area contributed by atoms with Crippen molar-refractivity contribution < 1.29 is 19.4 Å². The van der Waals surface area contributed by atoms with Crippen LogP contribution in [0.25, 0.3) is 0 Å². The highest BCUT2D eigenvalue weighted by Crippen LogP contribution is 2.16. The maximum absolute atomic E-state index is 11.3. The van der Waals surface area contributed by atoms with E-state index in [0.717, 1.165) is 6.42 Å². The highest BCUT2D eigenvalue weighted by Gasteiger charge is 2.33. The molecule has 1 aliphatic heterocycles. The van der Waals surface area contributed by atoms with Crippen LogP contribution in [0.4, 0.5) is 4.79 Å². The van der Waals surface area contributed by atoms with Gasteiger partial charge in [-0.1, -0.05) is 6.92 Å². The van der Waals surface area contributed by atoms with Gasteiger partial charge >= 0.3 is 12.1 Å². The fraction of sp³-hybridized carbons (Fsp3) is 0.778. The number of hydrogen-bond acceptors (Lipinski definition) is 3. The zero-order valence-electron chi connectivity index (χ0n) is 8.40. The predicted octanol–water partition coefficient (Wildman–Crippen LogP) is 1.08. The van der Waals surface area contributed by atoms with Crippen molar-refractivity contribution in [3.05, 3.63) is 0 Å². The minimum Gasteiger partial charge on any atom is -0.479 e. The molecule has 1 rings (SSSR count). The van der Waals surface area contributed by atoms with Crippen LogP contribution >= 0.6 is 0 Å². The van der Waals surface area contributed by atoms with E-state index in [2.05, 4.69) is 0 Å². The lowest BCUT2D eigenvalue weighted by Gasteiger charge is -2.33. The fourth-order valence-electron chi connectivity index (χ4n) is 1.39. The van der Waals surface area contributed by atoms with Crippen LogP contribution in [-0.2, 0) is 9.53 Å². The van der Waals surface area contributed by atoms with Gasteiger partial charge in [0.1, 0.15) is 0 Å². The van der Waals surface area contributed by atoms with Gasteiger partial charge in [-0.05, 0) is 13.3 Å². The Morgan fingerprint density at radius 3 is 2.86 bits per heavy atom. The van der Waals surface area contributed by atoms with Crippen LogP contribution in [0.15, 0.2) is 0 Å². The Hall–Kier alpha value is -1.26. The molecular weight excluding hydrogens is 186 g/mol. The number of cyclic esters (lactones) is 1. The van der Waals surface area contributed by atoms with Gasteiger partial charge in [-0.15, -0.1) is 0 Å². The molecule has 2 unspecified atom stereocenters. The first kappa shape index (κ1) is 10.8. The number of aliphatic carboxylic acids is 1. The van der Waals surface area contributed by atoms with Crippen LogP contribution in [-0.4, -0.2) is 40.8 Å². The Kier molecular flexibility index (Phi) is 3.33. The summed E-state index contributed by atoms with van der Waals surface area (Å²) < 4.78 is 4.77. The van der Waals surface area contributed by atoms with Crippen LogP contribution in [0.5, 0.6) is 0 Å². The highest BCUT2D eigenvalue weighted by atomic mass is 16.6. The second kappa shape index (κ2) is 4.30. The number of rotatable bonds is 3. The first-order chi connectivity index (χ1) is 6.56. The topological polar surface area (TPSA) is 66.8 Å². The maximum Gasteiger partial charge on any atom is 0.410 e. The number of nitrogens with zero attached hydrogens (tertiary/aromatic N) is 1. The molecule has 0 aromatic heterocycles. The quantitative estimate of drug-likeness (QED) is 0.742. The predicted molar refractivity (Wildman–Crippen MR) is 49.0 cm³/mol. The van der Waals surface area contributed by atoms with Crippen LogP contribution < -0.4 is 0 Å². The Morgan fingerprint density at radius 2 is 2.43 bits per heavy atom. The summed E-state index contributed by atoms with van der Waals surface area (Å²) >= 11 is 0. The summed E-state index contributed by atoms with van der Waals surface area (Å²) in [6.45, 7) is 4.36. The SMILES string of the molecule is CCC(C)N1CCC(C(=O)O)OC1=O. The zero-order valence-corrected chi connectivity index (χ0v) is 8.40. The summed E-state index contributed by atoms with van der Waals surface area (Å²) in [6.07, 6.45) is -0.279. The molecule has 5 nitrogen and oxygen atoms in total. The van der Waals surface area contributed by atoms with Crippen molar-refractivity contribution >= 4 is 12.1 Å². The third-order valence-corrected chi connectivity index (χ3v) is 2.51. The van der Waals surface area contributed by atoms with Gasteiger partial charge in [0.05, 0.1) is 0 Å². The summed E-state index contributed by atoms with van der Waals surface area (Å²) in [5, 5.41) is 8.64. The van der Waals surface area contributed by atoms with Crippen LogP contribution in [0, 0.1) is 0 Å². The molecule has 0 spiro atoms. The highest BCUT2D eigenvalue weighted by molar-refractivity contribution is 5.78. The van der Waals surface area contributed by atoms with E-state index in [9.17, 15) is 9.59 Å². The molecular formula is C9H15NO4. The molecule has 0 aromatic rings. The first-order valence-corrected chi connectivity index (χ1v) is 4.76. The summed E-state index contributed by atoms with van der Waals surface area (Å²) in [6, 6.07) is 0.109. The Labute approximate surface area is 82.6 Å². The van der Waals surface area contributed by atoms with Crippen molar-refractivity contribution in [3.63, 3.8) is 0 Å². The molecule has 2 atom stereocenters. The largest absolute Gasteiger partial charge is 0.479 e. The molecule has 1 N–H and O–H groups in total. The van der Waals surface area contributed by atoms with E-state index < -0.39 is 18.2 Å². The van der Waals surface area contributed by atoms with E-state index in [1.807, 2.05) is 13.8 Å². The van der Waals surface area contributed by atoms with Gasteiger partial charge < -0.3 is 14.7 Å². The van der Waals surface area contributed by atoms with Crippen LogP contribution in [0.1, 0.15) is 26.7 Å². The first-order valence-electron chi connectivity index (χ1n) is 4.76. The molecule has 14 heavy (non-hydrogen) atoms. The standard InChI is InChI=1S/C9H15NO4/c1-3-6(2)10-5-4-7(8(11)12)14-9(10)13/h6-7H,3-5H2,1-2H3,(H,11,12). The molecule has 1 fully saturated rings. The molecule has 1 saturated heterocycles. The van der Waals surface area contributed by atoms with Crippen molar-refractivity contribution in [3.8, 4) is 0 Å². The number of carbonyl (C=O) groups excluding carboxylic acids is 1. The smallest absolute Gasteiger partial charge is 0.410 e. The van der Waals surface area contributed by atoms with Gasteiger partial charge in [0.25, 0.3) is 0 Å². The number of carbonyl (C=O) groups is 2. The van der Waals surface area contributed by atoms with E-state index >= 15 is 0 Å². The number of ether oxygens (including phenoxy) is 1. The summed E-state index contributed by atoms with van der Waals surface area (Å²) in [7, 11) is 0.